The van der Waals surface area contributed by atoms with Gasteiger partial charge in [-0.25, -0.2) is 0 Å². The molecule has 0 amide bonds. The summed E-state index contributed by atoms with van der Waals surface area (Å²) in [5.74, 6) is 0. The van der Waals surface area contributed by atoms with Gasteiger partial charge in [-0.3, -0.25) is 0 Å². The van der Waals surface area contributed by atoms with Crippen LogP contribution < -0.4 is 6.15 Å². The molecule has 0 aliphatic carbocycles. The van der Waals surface area contributed by atoms with E-state index in [9.17, 15) is 0 Å². The third-order valence-electron chi connectivity index (χ3n) is 0. The molecule has 0 radical (unpaired) electrons. The molecule has 0 aliphatic heterocycles. The van der Waals surface area contributed by atoms with E-state index in [2.05, 4.69) is 0 Å². The van der Waals surface area contributed by atoms with Crippen molar-refractivity contribution >= 4 is 0 Å². The van der Waals surface area contributed by atoms with Gasteiger partial charge in [0.05, 0.1) is 5.09 Å². The quantitative estimate of drug-likeness (QED) is 0.296. The van der Waals surface area contributed by atoms with Gasteiger partial charge in [0.15, 0.2) is 0 Å². The monoisotopic (exact) mass is 143 g/mol. The first kappa shape index (κ1) is 17.3. The van der Waals surface area contributed by atoms with Crippen molar-refractivity contribution in [3.63, 3.8) is 0 Å². The van der Waals surface area contributed by atoms with Crippen molar-refractivity contribution in [1.82, 2.24) is 6.15 Å². The Morgan fingerprint density at radius 2 is 1.33 bits per heavy atom. The molecule has 0 atom stereocenters. The van der Waals surface area contributed by atoms with Crippen LogP contribution in [0.5, 0.6) is 0 Å². The van der Waals surface area contributed by atoms with Crippen LogP contribution >= 0.6 is 0 Å². The van der Waals surface area contributed by atoms with Gasteiger partial charge in [-0.2, -0.15) is 0 Å². The maximum Gasteiger partial charge on any atom is 1.00 e. The fraction of sp³-hybridized carbons (Fsp3) is 0. The van der Waals surface area contributed by atoms with Crippen LogP contribution in [0.1, 0.15) is 0 Å². The first-order valence-corrected chi connectivity index (χ1v) is 0.548. The van der Waals surface area contributed by atoms with Gasteiger partial charge < -0.3 is 21.5 Å². The van der Waals surface area contributed by atoms with Crippen LogP contribution in [0.15, 0.2) is 0 Å². The second-order valence-electron chi connectivity index (χ2n) is 0.224. The molecule has 0 spiro atoms. The summed E-state index contributed by atoms with van der Waals surface area (Å²) in [6, 6.07) is 0. The predicted octanol–water partition coefficient (Wildman–Crippen LogP) is 0.135. The van der Waals surface area contributed by atoms with E-state index >= 15 is 0 Å². The standard InChI is InChI=1S/Cu.NO3.H3N/c;2-1(3)4;/h;;1H3/q+1;-1;/p+1. The average Bonchev–Trinajstić information content (AvgIpc) is 0.811. The SMILES string of the molecule is O=[N+]([O-])[O-].[Cu+].[NH4+]. The molecular weight excluding hydrogens is 140 g/mol. The van der Waals surface area contributed by atoms with Crippen molar-refractivity contribution in [2.24, 2.45) is 0 Å². The minimum Gasteiger partial charge on any atom is -0.369 e. The van der Waals surface area contributed by atoms with Crippen LogP contribution in [0.3, 0.4) is 0 Å². The molecule has 0 aromatic heterocycles. The Balaban J connectivity index is -0.0000000450. The zero-order chi connectivity index (χ0) is 3.58. The number of nitrogens with zero attached hydrogens (tertiary/aromatic N) is 1. The molecule has 0 aromatic rings. The molecular formula is H4CuN2O3+. The van der Waals surface area contributed by atoms with Gasteiger partial charge in [0.2, 0.25) is 0 Å². The molecule has 6 heteroatoms. The maximum absolute atomic E-state index is 8.25. The van der Waals surface area contributed by atoms with Crippen LogP contribution in [-0.2, 0) is 17.1 Å². The summed E-state index contributed by atoms with van der Waals surface area (Å²) in [5, 5.41) is 14.8. The third-order valence-corrected chi connectivity index (χ3v) is 0. The van der Waals surface area contributed by atoms with Crippen molar-refractivity contribution < 1.29 is 22.2 Å². The van der Waals surface area contributed by atoms with Gasteiger partial charge in [0, 0.05) is 0 Å². The number of hydrogen-bond acceptors (Lipinski definition) is 3. The van der Waals surface area contributed by atoms with E-state index in [4.69, 9.17) is 15.3 Å². The average molecular weight is 144 g/mol. The Labute approximate surface area is 44.5 Å². The Hall–Kier alpha value is -0.321. The van der Waals surface area contributed by atoms with Crippen molar-refractivity contribution in [3.8, 4) is 0 Å². The first-order chi connectivity index (χ1) is 1.73. The molecule has 42 valence electrons. The predicted molar refractivity (Wildman–Crippen MR) is 16.3 cm³/mol. The number of rotatable bonds is 0. The summed E-state index contributed by atoms with van der Waals surface area (Å²) < 4.78 is 0. The molecule has 0 fully saturated rings. The largest absolute Gasteiger partial charge is 1.00 e. The summed E-state index contributed by atoms with van der Waals surface area (Å²) in [7, 11) is 0. The number of hydrogen-bond donors (Lipinski definition) is 1. The second kappa shape index (κ2) is 8.82. The zero-order valence-electron chi connectivity index (χ0n) is 2.97. The molecule has 4 N–H and O–H groups in total. The van der Waals surface area contributed by atoms with Gasteiger partial charge in [-0.05, 0) is 0 Å². The first-order valence-electron chi connectivity index (χ1n) is 0.548. The van der Waals surface area contributed by atoms with E-state index in [1.165, 1.54) is 0 Å². The molecule has 0 bridgehead atoms. The van der Waals surface area contributed by atoms with Gasteiger partial charge in [0.1, 0.15) is 0 Å². The van der Waals surface area contributed by atoms with Gasteiger partial charge >= 0.3 is 17.1 Å². The molecule has 0 saturated heterocycles. The molecule has 0 heterocycles. The van der Waals surface area contributed by atoms with Gasteiger partial charge in [0.25, 0.3) is 0 Å². The number of quaternary nitrogens is 1. The molecule has 0 rings (SSSR count). The van der Waals surface area contributed by atoms with E-state index < -0.39 is 5.09 Å². The van der Waals surface area contributed by atoms with Crippen molar-refractivity contribution in [2.75, 3.05) is 0 Å². The van der Waals surface area contributed by atoms with Crippen molar-refractivity contribution in [1.29, 1.82) is 0 Å². The molecule has 0 saturated carbocycles. The third kappa shape index (κ3) is 257. The fourth-order valence-electron chi connectivity index (χ4n) is 0. The minimum atomic E-state index is -1.75. The Morgan fingerprint density at radius 3 is 1.33 bits per heavy atom. The Morgan fingerprint density at radius 1 is 1.33 bits per heavy atom. The van der Waals surface area contributed by atoms with Crippen LogP contribution in [0.4, 0.5) is 0 Å². The summed E-state index contributed by atoms with van der Waals surface area (Å²) in [6.07, 6.45) is 0. The maximum atomic E-state index is 8.25. The fourth-order valence-corrected chi connectivity index (χ4v) is 0. The van der Waals surface area contributed by atoms with Crippen molar-refractivity contribution in [3.05, 3.63) is 15.3 Å². The van der Waals surface area contributed by atoms with E-state index in [1.54, 1.807) is 0 Å². The Kier molecular flexibility index (Phi) is 25.5. The Bertz CT molecular complexity index is 31.8. The molecule has 6 heavy (non-hydrogen) atoms. The molecule has 0 unspecified atom stereocenters. The topological polar surface area (TPSA) is 103 Å². The van der Waals surface area contributed by atoms with E-state index in [1.807, 2.05) is 0 Å². The molecule has 0 aromatic carbocycles. The van der Waals surface area contributed by atoms with Crippen molar-refractivity contribution in [2.45, 2.75) is 0 Å². The summed E-state index contributed by atoms with van der Waals surface area (Å²) >= 11 is 0. The van der Waals surface area contributed by atoms with E-state index in [0.29, 0.717) is 0 Å². The van der Waals surface area contributed by atoms with E-state index in [-0.39, 0.29) is 23.2 Å². The van der Waals surface area contributed by atoms with Gasteiger partial charge in [-0.1, -0.05) is 0 Å². The molecule has 5 nitrogen and oxygen atoms in total. The van der Waals surface area contributed by atoms with Crippen LogP contribution in [0, 0.1) is 15.3 Å². The summed E-state index contributed by atoms with van der Waals surface area (Å²) in [6.45, 7) is 0. The summed E-state index contributed by atoms with van der Waals surface area (Å²) in [4.78, 5) is 8.25. The van der Waals surface area contributed by atoms with Crippen LogP contribution in [-0.4, -0.2) is 5.09 Å². The smallest absolute Gasteiger partial charge is 0.369 e. The molecule has 0 aliphatic rings. The van der Waals surface area contributed by atoms with Crippen LogP contribution in [0.25, 0.3) is 0 Å². The normalized spacial score (nSPS) is 4.00. The van der Waals surface area contributed by atoms with E-state index in [0.717, 1.165) is 0 Å². The second-order valence-corrected chi connectivity index (χ2v) is 0.224. The summed E-state index contributed by atoms with van der Waals surface area (Å²) in [5.41, 5.74) is 0. The van der Waals surface area contributed by atoms with Gasteiger partial charge in [-0.15, -0.1) is 0 Å². The minimum absolute atomic E-state index is 0. The zero-order valence-corrected chi connectivity index (χ0v) is 3.92. The van der Waals surface area contributed by atoms with Crippen LogP contribution in [0.2, 0.25) is 0 Å².